The topological polar surface area (TPSA) is 87.5 Å². The molecular formula is C26H27N5O2. The maximum absolute atomic E-state index is 12.9. The average molecular weight is 442 g/mol. The average Bonchev–Trinajstić information content (AvgIpc) is 3.33. The monoisotopic (exact) mass is 441 g/mol. The van der Waals surface area contributed by atoms with Crippen LogP contribution in [0.3, 0.4) is 0 Å². The van der Waals surface area contributed by atoms with Gasteiger partial charge in [-0.25, -0.2) is 0 Å². The number of carbonyl (C=O) groups excluding carboxylic acids is 2. The molecule has 33 heavy (non-hydrogen) atoms. The molecule has 1 unspecified atom stereocenters. The van der Waals surface area contributed by atoms with Crippen molar-refractivity contribution in [2.24, 2.45) is 4.99 Å². The lowest BCUT2D eigenvalue weighted by atomic mass is 10.1. The molecule has 0 saturated carbocycles. The fourth-order valence-electron chi connectivity index (χ4n) is 4.55. The van der Waals surface area contributed by atoms with Crippen molar-refractivity contribution >= 4 is 28.9 Å². The molecule has 2 amide bonds. The van der Waals surface area contributed by atoms with Gasteiger partial charge in [-0.1, -0.05) is 35.4 Å². The minimum Gasteiger partial charge on any atom is -0.351 e. The molecule has 5 rings (SSSR count). The number of nitrogens with one attached hydrogen (secondary N) is 3. The molecular weight excluding hydrogens is 414 g/mol. The number of carbonyl (C=O) groups is 2. The van der Waals surface area contributed by atoms with Crippen LogP contribution in [0, 0.1) is 13.8 Å². The Balaban J connectivity index is 1.27. The van der Waals surface area contributed by atoms with Crippen LogP contribution in [0.4, 0.5) is 0 Å². The minimum atomic E-state index is -0.196. The van der Waals surface area contributed by atoms with E-state index in [1.807, 2.05) is 28.8 Å². The van der Waals surface area contributed by atoms with Crippen molar-refractivity contribution in [3.05, 3.63) is 82.2 Å². The Labute approximate surface area is 192 Å². The van der Waals surface area contributed by atoms with Crippen molar-refractivity contribution in [3.63, 3.8) is 0 Å². The van der Waals surface area contributed by atoms with Gasteiger partial charge in [0.2, 0.25) is 0 Å². The Morgan fingerprint density at radius 2 is 1.97 bits per heavy atom. The van der Waals surface area contributed by atoms with Gasteiger partial charge in [0, 0.05) is 42.3 Å². The summed E-state index contributed by atoms with van der Waals surface area (Å²) in [6.45, 7) is 6.29. The first-order chi connectivity index (χ1) is 16.0. The highest BCUT2D eigenvalue weighted by molar-refractivity contribution is 6.04. The van der Waals surface area contributed by atoms with Gasteiger partial charge in [-0.3, -0.25) is 19.9 Å². The second-order valence-corrected chi connectivity index (χ2v) is 8.74. The first kappa shape index (κ1) is 21.2. The first-order valence-corrected chi connectivity index (χ1v) is 11.2. The molecule has 2 aliphatic heterocycles. The Morgan fingerprint density at radius 3 is 2.79 bits per heavy atom. The number of aliphatic imine (C=N–C) groups is 1. The number of rotatable bonds is 5. The fourth-order valence-corrected chi connectivity index (χ4v) is 4.55. The van der Waals surface area contributed by atoms with Gasteiger partial charge in [0.1, 0.15) is 11.9 Å². The standard InChI is InChI=1S/C26H27N5O2/c1-16-8-17(2)10-18(9-16)14-28-24-13-21(15-29-24)30-25(32)20-5-4-19-11-23-26(33)27-6-3-7-31(23)22(19)12-20/h4-5,8-13,15,24,28H,3,6-7,14H2,1-2H3,(H,27,33)(H,30,32). The van der Waals surface area contributed by atoms with Gasteiger partial charge >= 0.3 is 0 Å². The summed E-state index contributed by atoms with van der Waals surface area (Å²) in [5.74, 6) is -0.264. The zero-order chi connectivity index (χ0) is 22.9. The van der Waals surface area contributed by atoms with Gasteiger partial charge in [0.25, 0.3) is 11.8 Å². The van der Waals surface area contributed by atoms with Crippen LogP contribution in [-0.4, -0.2) is 35.3 Å². The molecule has 7 heteroatoms. The van der Waals surface area contributed by atoms with E-state index >= 15 is 0 Å². The van der Waals surface area contributed by atoms with Crippen LogP contribution in [0.2, 0.25) is 0 Å². The number of aromatic nitrogens is 1. The molecule has 2 aliphatic rings. The second kappa shape index (κ2) is 8.67. The summed E-state index contributed by atoms with van der Waals surface area (Å²) in [6, 6.07) is 13.9. The lowest BCUT2D eigenvalue weighted by molar-refractivity contribution is 0.0948. The number of fused-ring (bicyclic) bond motifs is 3. The Hall–Kier alpha value is -3.71. The van der Waals surface area contributed by atoms with Crippen molar-refractivity contribution in [1.82, 2.24) is 20.5 Å². The number of nitrogens with zero attached hydrogens (tertiary/aromatic N) is 2. The quantitative estimate of drug-likeness (QED) is 0.568. The van der Waals surface area contributed by atoms with Crippen LogP contribution in [0.15, 0.2) is 59.2 Å². The van der Waals surface area contributed by atoms with Crippen LogP contribution < -0.4 is 16.0 Å². The van der Waals surface area contributed by atoms with E-state index in [2.05, 4.69) is 53.0 Å². The summed E-state index contributed by atoms with van der Waals surface area (Å²) < 4.78 is 2.00. The number of aryl methyl sites for hydroxylation is 3. The SMILES string of the molecule is Cc1cc(C)cc(CNC2C=C(NC(=O)c3ccc4cc5n(c4c3)CCCNC5=O)C=N2)c1. The maximum atomic E-state index is 12.9. The van der Waals surface area contributed by atoms with Crippen LogP contribution in [0.5, 0.6) is 0 Å². The summed E-state index contributed by atoms with van der Waals surface area (Å²) >= 11 is 0. The minimum absolute atomic E-state index is 0.0682. The highest BCUT2D eigenvalue weighted by Gasteiger charge is 2.20. The maximum Gasteiger partial charge on any atom is 0.267 e. The van der Waals surface area contributed by atoms with E-state index in [0.29, 0.717) is 30.0 Å². The number of hydrogen-bond acceptors (Lipinski definition) is 4. The summed E-state index contributed by atoms with van der Waals surface area (Å²) in [5, 5.41) is 10.2. The van der Waals surface area contributed by atoms with Crippen molar-refractivity contribution < 1.29 is 9.59 Å². The molecule has 3 aromatic rings. The molecule has 168 valence electrons. The highest BCUT2D eigenvalue weighted by atomic mass is 16.2. The number of amides is 2. The number of allylic oxidation sites excluding steroid dienone is 1. The number of benzene rings is 2. The summed E-state index contributed by atoms with van der Waals surface area (Å²) in [4.78, 5) is 29.6. The Morgan fingerprint density at radius 1 is 1.15 bits per heavy atom. The van der Waals surface area contributed by atoms with Gasteiger partial charge in [0.05, 0.1) is 5.70 Å². The first-order valence-electron chi connectivity index (χ1n) is 11.2. The van der Waals surface area contributed by atoms with Crippen molar-refractivity contribution in [1.29, 1.82) is 0 Å². The molecule has 0 fully saturated rings. The Kier molecular flexibility index (Phi) is 5.56. The lowest BCUT2D eigenvalue weighted by Crippen LogP contribution is -2.25. The largest absolute Gasteiger partial charge is 0.351 e. The predicted molar refractivity (Wildman–Crippen MR) is 129 cm³/mol. The van der Waals surface area contributed by atoms with Crippen molar-refractivity contribution in [3.8, 4) is 0 Å². The van der Waals surface area contributed by atoms with E-state index in [1.54, 1.807) is 12.3 Å². The fraction of sp³-hybridized carbons (Fsp3) is 0.269. The van der Waals surface area contributed by atoms with Crippen molar-refractivity contribution in [2.75, 3.05) is 6.54 Å². The zero-order valence-electron chi connectivity index (χ0n) is 18.8. The van der Waals surface area contributed by atoms with Gasteiger partial charge in [-0.2, -0.15) is 0 Å². The molecule has 1 aromatic heterocycles. The summed E-state index contributed by atoms with van der Waals surface area (Å²) in [6.07, 6.45) is 4.28. The van der Waals surface area contributed by atoms with E-state index in [1.165, 1.54) is 16.7 Å². The third-order valence-electron chi connectivity index (χ3n) is 6.01. The smallest absolute Gasteiger partial charge is 0.267 e. The molecule has 0 aliphatic carbocycles. The van der Waals surface area contributed by atoms with E-state index in [4.69, 9.17) is 0 Å². The third kappa shape index (κ3) is 4.45. The van der Waals surface area contributed by atoms with Gasteiger partial charge in [0.15, 0.2) is 0 Å². The van der Waals surface area contributed by atoms with E-state index < -0.39 is 0 Å². The molecule has 2 aromatic carbocycles. The van der Waals surface area contributed by atoms with Gasteiger partial charge < -0.3 is 15.2 Å². The highest BCUT2D eigenvalue weighted by Crippen LogP contribution is 2.23. The lowest BCUT2D eigenvalue weighted by Gasteiger charge is -2.10. The molecule has 0 bridgehead atoms. The molecule has 3 N–H and O–H groups in total. The third-order valence-corrected chi connectivity index (χ3v) is 6.01. The molecule has 1 atom stereocenters. The summed E-state index contributed by atoms with van der Waals surface area (Å²) in [7, 11) is 0. The van der Waals surface area contributed by atoms with E-state index in [-0.39, 0.29) is 18.0 Å². The van der Waals surface area contributed by atoms with Gasteiger partial charge in [-0.05, 0) is 50.1 Å². The molecule has 7 nitrogen and oxygen atoms in total. The second-order valence-electron chi connectivity index (χ2n) is 8.74. The Bertz CT molecular complexity index is 1300. The zero-order valence-corrected chi connectivity index (χ0v) is 18.8. The molecule has 0 spiro atoms. The predicted octanol–water partition coefficient (Wildman–Crippen LogP) is 3.21. The molecule has 0 radical (unpaired) electrons. The molecule has 0 saturated heterocycles. The van der Waals surface area contributed by atoms with Crippen LogP contribution in [-0.2, 0) is 13.1 Å². The van der Waals surface area contributed by atoms with Crippen LogP contribution in [0.1, 0.15) is 44.0 Å². The number of hydrogen-bond donors (Lipinski definition) is 3. The molecule has 3 heterocycles. The normalized spacial score (nSPS) is 17.5. The van der Waals surface area contributed by atoms with Crippen LogP contribution >= 0.6 is 0 Å². The van der Waals surface area contributed by atoms with Crippen molar-refractivity contribution in [2.45, 2.75) is 39.5 Å². The van der Waals surface area contributed by atoms with E-state index in [0.717, 1.165) is 23.9 Å². The van der Waals surface area contributed by atoms with Gasteiger partial charge in [-0.15, -0.1) is 0 Å². The van der Waals surface area contributed by atoms with Crippen LogP contribution in [0.25, 0.3) is 10.9 Å². The summed E-state index contributed by atoms with van der Waals surface area (Å²) in [5.41, 5.74) is 6.45. The van der Waals surface area contributed by atoms with E-state index in [9.17, 15) is 9.59 Å².